The van der Waals surface area contributed by atoms with Crippen LogP contribution in [-0.2, 0) is 13.0 Å². The molecule has 0 bridgehead atoms. The van der Waals surface area contributed by atoms with E-state index in [0.29, 0.717) is 6.04 Å². The Morgan fingerprint density at radius 1 is 1.22 bits per heavy atom. The van der Waals surface area contributed by atoms with Crippen LogP contribution in [0.5, 0.6) is 0 Å². The van der Waals surface area contributed by atoms with Gasteiger partial charge in [0.2, 0.25) is 0 Å². The molecule has 0 aromatic carbocycles. The molecule has 0 saturated carbocycles. The largest absolute Gasteiger partial charge is 0.349 e. The number of anilines is 1. The summed E-state index contributed by atoms with van der Waals surface area (Å²) >= 11 is 1.85. The first-order valence-corrected chi connectivity index (χ1v) is 7.90. The molecule has 0 atom stereocenters. The maximum absolute atomic E-state index is 4.82. The van der Waals surface area contributed by atoms with Crippen molar-refractivity contribution in [1.29, 1.82) is 0 Å². The van der Waals surface area contributed by atoms with Gasteiger partial charge in [-0.1, -0.05) is 27.2 Å². The van der Waals surface area contributed by atoms with Crippen LogP contribution in [0.1, 0.15) is 51.6 Å². The molecule has 0 aliphatic heterocycles. The molecule has 1 aromatic heterocycles. The molecule has 0 saturated heterocycles. The number of thiazole rings is 1. The molecule has 0 radical (unpaired) electrons. The van der Waals surface area contributed by atoms with E-state index < -0.39 is 0 Å². The van der Waals surface area contributed by atoms with E-state index >= 15 is 0 Å². The predicted molar refractivity (Wildman–Crippen MR) is 81.6 cm³/mol. The van der Waals surface area contributed by atoms with Crippen LogP contribution in [0.3, 0.4) is 0 Å². The van der Waals surface area contributed by atoms with Gasteiger partial charge in [0.05, 0.1) is 5.69 Å². The summed E-state index contributed by atoms with van der Waals surface area (Å²) in [6, 6.07) is 0.526. The van der Waals surface area contributed by atoms with Crippen LogP contribution in [0.2, 0.25) is 0 Å². The Hall–Kier alpha value is -0.610. The number of aromatic nitrogens is 1. The van der Waals surface area contributed by atoms with E-state index in [1.54, 1.807) is 0 Å². The molecule has 0 fully saturated rings. The quantitative estimate of drug-likeness (QED) is 0.783. The van der Waals surface area contributed by atoms with Gasteiger partial charge >= 0.3 is 0 Å². The van der Waals surface area contributed by atoms with Crippen molar-refractivity contribution >= 4 is 16.5 Å². The Morgan fingerprint density at radius 2 is 1.89 bits per heavy atom. The average Bonchev–Trinajstić information content (AvgIpc) is 2.72. The van der Waals surface area contributed by atoms with Crippen LogP contribution < -0.4 is 10.2 Å². The molecule has 3 nitrogen and oxygen atoms in total. The lowest BCUT2D eigenvalue weighted by molar-refractivity contribution is 0.589. The van der Waals surface area contributed by atoms with Crippen molar-refractivity contribution in [1.82, 2.24) is 10.3 Å². The van der Waals surface area contributed by atoms with Gasteiger partial charge in [-0.05, 0) is 20.3 Å². The van der Waals surface area contributed by atoms with Crippen molar-refractivity contribution < 1.29 is 0 Å². The van der Waals surface area contributed by atoms with Gasteiger partial charge < -0.3 is 10.2 Å². The van der Waals surface area contributed by atoms with Crippen molar-refractivity contribution in [3.8, 4) is 0 Å². The number of nitrogens with zero attached hydrogens (tertiary/aromatic N) is 2. The van der Waals surface area contributed by atoms with Crippen molar-refractivity contribution in [2.24, 2.45) is 0 Å². The fourth-order valence-corrected chi connectivity index (χ4v) is 3.05. The van der Waals surface area contributed by atoms with Gasteiger partial charge in [-0.3, -0.25) is 0 Å². The number of hydrogen-bond acceptors (Lipinski definition) is 4. The zero-order chi connectivity index (χ0) is 13.5. The van der Waals surface area contributed by atoms with E-state index in [0.717, 1.165) is 32.5 Å². The fraction of sp³-hybridized carbons (Fsp3) is 0.786. The molecule has 4 heteroatoms. The highest BCUT2D eigenvalue weighted by atomic mass is 32.1. The molecule has 0 aliphatic carbocycles. The monoisotopic (exact) mass is 269 g/mol. The van der Waals surface area contributed by atoms with E-state index in [-0.39, 0.29) is 0 Å². The Morgan fingerprint density at radius 3 is 2.39 bits per heavy atom. The molecule has 18 heavy (non-hydrogen) atoms. The molecule has 0 amide bonds. The zero-order valence-corrected chi connectivity index (χ0v) is 13.2. The Kier molecular flexibility index (Phi) is 6.65. The number of hydrogen-bond donors (Lipinski definition) is 1. The zero-order valence-electron chi connectivity index (χ0n) is 12.4. The minimum absolute atomic E-state index is 0.526. The van der Waals surface area contributed by atoms with Crippen LogP contribution in [0.25, 0.3) is 0 Å². The Bertz CT molecular complexity index is 343. The molecule has 1 N–H and O–H groups in total. The van der Waals surface area contributed by atoms with E-state index in [2.05, 4.69) is 44.8 Å². The van der Waals surface area contributed by atoms with Crippen molar-refractivity contribution in [3.63, 3.8) is 0 Å². The van der Waals surface area contributed by atoms with Gasteiger partial charge in [-0.25, -0.2) is 4.98 Å². The van der Waals surface area contributed by atoms with Gasteiger partial charge in [0, 0.05) is 30.6 Å². The standard InChI is InChI=1S/C14H27N3S/c1-6-9-12-13(10-15-11(4)5)18-14(16-12)17(7-2)8-3/h11,15H,6-10H2,1-5H3. The molecule has 0 spiro atoms. The molecule has 0 aliphatic rings. The second kappa shape index (κ2) is 7.74. The normalized spacial score (nSPS) is 11.2. The van der Waals surface area contributed by atoms with Crippen LogP contribution >= 0.6 is 11.3 Å². The number of nitrogens with one attached hydrogen (secondary N) is 1. The summed E-state index contributed by atoms with van der Waals surface area (Å²) in [6.07, 6.45) is 2.25. The predicted octanol–water partition coefficient (Wildman–Crippen LogP) is 3.44. The first-order chi connectivity index (χ1) is 8.62. The lowest BCUT2D eigenvalue weighted by Gasteiger charge is -2.16. The van der Waals surface area contributed by atoms with E-state index in [1.165, 1.54) is 15.7 Å². The minimum Gasteiger partial charge on any atom is -0.349 e. The second-order valence-electron chi connectivity index (χ2n) is 4.82. The summed E-state index contributed by atoms with van der Waals surface area (Å²) in [5, 5.41) is 4.69. The fourth-order valence-electron chi connectivity index (χ4n) is 1.87. The summed E-state index contributed by atoms with van der Waals surface area (Å²) in [5.74, 6) is 0. The summed E-state index contributed by atoms with van der Waals surface area (Å²) in [6.45, 7) is 14.0. The lowest BCUT2D eigenvalue weighted by atomic mass is 10.2. The second-order valence-corrected chi connectivity index (χ2v) is 5.89. The van der Waals surface area contributed by atoms with Gasteiger partial charge in [0.25, 0.3) is 0 Å². The maximum Gasteiger partial charge on any atom is 0.185 e. The van der Waals surface area contributed by atoms with Crippen molar-refractivity contribution in [2.75, 3.05) is 18.0 Å². The Balaban J connectivity index is 2.85. The number of rotatable bonds is 8. The third-order valence-electron chi connectivity index (χ3n) is 2.96. The lowest BCUT2D eigenvalue weighted by Crippen LogP contribution is -2.21. The van der Waals surface area contributed by atoms with Gasteiger partial charge in [-0.15, -0.1) is 11.3 Å². The number of aryl methyl sites for hydroxylation is 1. The van der Waals surface area contributed by atoms with Crippen LogP contribution in [-0.4, -0.2) is 24.1 Å². The van der Waals surface area contributed by atoms with Crippen LogP contribution in [0.4, 0.5) is 5.13 Å². The smallest absolute Gasteiger partial charge is 0.185 e. The third kappa shape index (κ3) is 4.25. The summed E-state index contributed by atoms with van der Waals surface area (Å²) in [4.78, 5) is 8.57. The van der Waals surface area contributed by atoms with Crippen LogP contribution in [0, 0.1) is 0 Å². The maximum atomic E-state index is 4.82. The highest BCUT2D eigenvalue weighted by Crippen LogP contribution is 2.27. The summed E-state index contributed by atoms with van der Waals surface area (Å²) in [7, 11) is 0. The molecular formula is C14H27N3S. The molecular weight excluding hydrogens is 242 g/mol. The third-order valence-corrected chi connectivity index (χ3v) is 4.12. The van der Waals surface area contributed by atoms with E-state index in [4.69, 9.17) is 4.98 Å². The van der Waals surface area contributed by atoms with Crippen molar-refractivity contribution in [2.45, 2.75) is 60.0 Å². The van der Waals surface area contributed by atoms with Gasteiger partial charge in [-0.2, -0.15) is 0 Å². The summed E-state index contributed by atoms with van der Waals surface area (Å²) in [5.41, 5.74) is 1.29. The average molecular weight is 269 g/mol. The topological polar surface area (TPSA) is 28.2 Å². The molecule has 1 rings (SSSR count). The first kappa shape index (κ1) is 15.4. The van der Waals surface area contributed by atoms with Gasteiger partial charge in [0.15, 0.2) is 5.13 Å². The van der Waals surface area contributed by atoms with Crippen LogP contribution in [0.15, 0.2) is 0 Å². The molecule has 1 heterocycles. The highest BCUT2D eigenvalue weighted by molar-refractivity contribution is 7.15. The molecule has 104 valence electrons. The first-order valence-electron chi connectivity index (χ1n) is 7.09. The minimum atomic E-state index is 0.526. The summed E-state index contributed by atoms with van der Waals surface area (Å²) < 4.78 is 0. The van der Waals surface area contributed by atoms with Gasteiger partial charge in [0.1, 0.15) is 0 Å². The Labute approximate surface area is 116 Å². The molecule has 0 unspecified atom stereocenters. The van der Waals surface area contributed by atoms with E-state index in [9.17, 15) is 0 Å². The molecule has 1 aromatic rings. The SMILES string of the molecule is CCCc1nc(N(CC)CC)sc1CNC(C)C. The van der Waals surface area contributed by atoms with E-state index in [1.807, 2.05) is 11.3 Å². The highest BCUT2D eigenvalue weighted by Gasteiger charge is 2.14. The van der Waals surface area contributed by atoms with Crippen molar-refractivity contribution in [3.05, 3.63) is 10.6 Å².